The molecule has 0 bridgehead atoms. The van der Waals surface area contributed by atoms with Crippen LogP contribution in [-0.2, 0) is 0 Å². The summed E-state index contributed by atoms with van der Waals surface area (Å²) >= 11 is 0. The highest BCUT2D eigenvalue weighted by Crippen LogP contribution is 2.44. The van der Waals surface area contributed by atoms with Gasteiger partial charge < -0.3 is 9.47 Å². The number of para-hydroxylation sites is 3. The van der Waals surface area contributed by atoms with Crippen molar-refractivity contribution in [2.45, 2.75) is 33.6 Å². The lowest BCUT2D eigenvalue weighted by atomic mass is 9.86. The second-order valence-electron chi connectivity index (χ2n) is 20.9. The summed E-state index contributed by atoms with van der Waals surface area (Å²) in [5.41, 5.74) is 18.6. The summed E-state index contributed by atoms with van der Waals surface area (Å²) in [5, 5.41) is 7.57. The molecule has 11 aromatic carbocycles. The van der Waals surface area contributed by atoms with Crippen LogP contribution in [0.25, 0.3) is 93.5 Å². The number of nitrogens with zero attached hydrogens (tertiary/aromatic N) is 2. The molecule has 0 aliphatic heterocycles. The standard InChI is InChI=1S/C62H42N2.C9H12.C6H8.C6H10/c1-4-16-46(17-5-1)61-54-23-10-12-25-56(54)62(57-26-13-11-24-55(57)61)47-30-28-43(29-31-47)44-32-37-51(38-33-44)63(49-18-6-2-7-19-49)52-39-34-45(35-40-52)48-36-41-60-58(42-48)53-22-14-15-27-59(53)64(60)50-20-8-3-9-21-50;1-5-6-7-9(4)8(2)3;1-2-4-6-5-3-1;1-3-5-6-4-2/h1-42H;5-7H,1-2,4H2,3H3;1-4H,5-6H2;3-6H,1-2H3/b;7-6-;;5-3-,6-4-. The summed E-state index contributed by atoms with van der Waals surface area (Å²) in [7, 11) is 0. The zero-order valence-corrected chi connectivity index (χ0v) is 49.0. The molecular weight excluding hydrogens is 1020 g/mol. The first-order valence-electron chi connectivity index (χ1n) is 29.3. The van der Waals surface area contributed by atoms with Gasteiger partial charge >= 0.3 is 0 Å². The number of hydrogen-bond acceptors (Lipinski definition) is 1. The molecule has 0 atom stereocenters. The van der Waals surface area contributed by atoms with E-state index in [2.05, 4.69) is 308 Å². The van der Waals surface area contributed by atoms with Crippen LogP contribution in [0, 0.1) is 0 Å². The van der Waals surface area contributed by atoms with Gasteiger partial charge in [0.2, 0.25) is 0 Å². The molecule has 1 heterocycles. The highest BCUT2D eigenvalue weighted by atomic mass is 15.1. The molecule has 1 aromatic heterocycles. The van der Waals surface area contributed by atoms with Gasteiger partial charge in [-0.25, -0.2) is 0 Å². The van der Waals surface area contributed by atoms with E-state index in [4.69, 9.17) is 0 Å². The van der Waals surface area contributed by atoms with Crippen LogP contribution in [0.3, 0.4) is 0 Å². The number of allylic oxidation sites excluding steroid dienone is 13. The van der Waals surface area contributed by atoms with Crippen LogP contribution >= 0.6 is 0 Å². The number of fused-ring (bicyclic) bond motifs is 5. The van der Waals surface area contributed by atoms with E-state index in [9.17, 15) is 0 Å². The zero-order chi connectivity index (χ0) is 58.7. The molecule has 0 saturated carbocycles. The first-order valence-corrected chi connectivity index (χ1v) is 29.3. The van der Waals surface area contributed by atoms with Crippen molar-refractivity contribution in [2.75, 3.05) is 4.90 Å². The SMILES string of the molecule is C/C=C\C=C/C.C1=CCCC=C1.C=C/C=C\C(=C)C(=C)C.c1ccc(-c2c3ccccc3c(-c3ccc(-c4ccc(N(c5ccccc5)c5ccc(-c6ccc7c(c6)c6ccccc6n7-c6ccccc6)cc5)cc4)cc3)c3ccccc23)cc1. The number of aromatic nitrogens is 1. The fourth-order valence-electron chi connectivity index (χ4n) is 10.9. The van der Waals surface area contributed by atoms with Gasteiger partial charge in [0, 0.05) is 33.5 Å². The Hall–Kier alpha value is -10.5. The van der Waals surface area contributed by atoms with Crippen LogP contribution in [0.15, 0.2) is 353 Å². The van der Waals surface area contributed by atoms with Gasteiger partial charge in [0.1, 0.15) is 0 Å². The number of anilines is 3. The molecule has 0 fully saturated rings. The van der Waals surface area contributed by atoms with Gasteiger partial charge in [-0.3, -0.25) is 0 Å². The third kappa shape index (κ3) is 13.5. The zero-order valence-electron chi connectivity index (χ0n) is 49.0. The third-order valence-electron chi connectivity index (χ3n) is 15.1. The van der Waals surface area contributed by atoms with E-state index in [0.717, 1.165) is 28.2 Å². The minimum Gasteiger partial charge on any atom is -0.311 e. The summed E-state index contributed by atoms with van der Waals surface area (Å²) in [5.74, 6) is 0. The van der Waals surface area contributed by atoms with E-state index >= 15 is 0 Å². The van der Waals surface area contributed by atoms with Crippen molar-refractivity contribution in [3.63, 3.8) is 0 Å². The molecule has 12 aromatic rings. The minimum atomic E-state index is 0.954. The average Bonchev–Trinajstić information content (AvgIpc) is 2.03. The molecule has 13 rings (SSSR count). The van der Waals surface area contributed by atoms with Gasteiger partial charge in [-0.1, -0.05) is 280 Å². The normalized spacial score (nSPS) is 11.8. The van der Waals surface area contributed by atoms with Crippen molar-refractivity contribution < 1.29 is 0 Å². The number of hydrogen-bond donors (Lipinski definition) is 0. The second kappa shape index (κ2) is 28.4. The monoisotopic (exact) mass is 1100 g/mol. The van der Waals surface area contributed by atoms with Crippen LogP contribution in [0.1, 0.15) is 33.6 Å². The molecule has 2 heteroatoms. The lowest BCUT2D eigenvalue weighted by molar-refractivity contribution is 1.04. The Bertz CT molecular complexity index is 4300. The first-order chi connectivity index (χ1) is 41.9. The Kier molecular flexibility index (Phi) is 19.3. The second-order valence-corrected chi connectivity index (χ2v) is 20.9. The van der Waals surface area contributed by atoms with E-state index in [1.54, 1.807) is 6.08 Å². The van der Waals surface area contributed by atoms with E-state index in [0.29, 0.717) is 0 Å². The van der Waals surface area contributed by atoms with Crippen LogP contribution in [-0.4, -0.2) is 4.57 Å². The smallest absolute Gasteiger partial charge is 0.0541 e. The topological polar surface area (TPSA) is 8.17 Å². The molecular formula is C83H72N2. The van der Waals surface area contributed by atoms with Crippen molar-refractivity contribution in [1.82, 2.24) is 4.57 Å². The summed E-state index contributed by atoms with van der Waals surface area (Å²) < 4.78 is 2.37. The van der Waals surface area contributed by atoms with Crippen molar-refractivity contribution in [3.8, 4) is 50.2 Å². The van der Waals surface area contributed by atoms with Crippen LogP contribution < -0.4 is 4.90 Å². The summed E-state index contributed by atoms with van der Waals surface area (Å²) in [6.45, 7) is 16.9. The highest BCUT2D eigenvalue weighted by Gasteiger charge is 2.18. The van der Waals surface area contributed by atoms with Gasteiger partial charge in [0.25, 0.3) is 0 Å². The lowest BCUT2D eigenvalue weighted by Gasteiger charge is -2.26. The van der Waals surface area contributed by atoms with Gasteiger partial charge in [0.05, 0.1) is 11.0 Å². The molecule has 0 radical (unpaired) electrons. The number of benzene rings is 11. The summed E-state index contributed by atoms with van der Waals surface area (Å²) in [6, 6.07) is 92.4. The summed E-state index contributed by atoms with van der Waals surface area (Å²) in [4.78, 5) is 2.34. The Morgan fingerprint density at radius 2 is 0.776 bits per heavy atom. The van der Waals surface area contributed by atoms with Gasteiger partial charge in [0.15, 0.2) is 0 Å². The largest absolute Gasteiger partial charge is 0.311 e. The maximum absolute atomic E-state index is 3.76. The molecule has 0 unspecified atom stereocenters. The van der Waals surface area contributed by atoms with Gasteiger partial charge in [-0.2, -0.15) is 0 Å². The van der Waals surface area contributed by atoms with Crippen LogP contribution in [0.5, 0.6) is 0 Å². The minimum absolute atomic E-state index is 0.954. The molecule has 414 valence electrons. The molecule has 1 aliphatic rings. The quantitative estimate of drug-likeness (QED) is 0.0874. The van der Waals surface area contributed by atoms with Crippen LogP contribution in [0.2, 0.25) is 0 Å². The Labute approximate surface area is 503 Å². The Morgan fingerprint density at radius 3 is 1.25 bits per heavy atom. The van der Waals surface area contributed by atoms with Gasteiger partial charge in [-0.05, 0) is 172 Å². The first kappa shape index (κ1) is 57.7. The molecule has 0 N–H and O–H groups in total. The summed E-state index contributed by atoms with van der Waals surface area (Å²) in [6.07, 6.45) is 24.4. The fourth-order valence-corrected chi connectivity index (χ4v) is 10.9. The molecule has 0 saturated heterocycles. The maximum atomic E-state index is 3.76. The maximum Gasteiger partial charge on any atom is 0.0541 e. The lowest BCUT2D eigenvalue weighted by Crippen LogP contribution is -2.09. The van der Waals surface area contributed by atoms with Crippen molar-refractivity contribution >= 4 is 60.4 Å². The molecule has 1 aliphatic carbocycles. The predicted octanol–water partition coefficient (Wildman–Crippen LogP) is 24.1. The highest BCUT2D eigenvalue weighted by molar-refractivity contribution is 6.21. The van der Waals surface area contributed by atoms with Crippen molar-refractivity contribution in [3.05, 3.63) is 353 Å². The molecule has 2 nitrogen and oxygen atoms in total. The Morgan fingerprint density at radius 1 is 0.388 bits per heavy atom. The Balaban J connectivity index is 0.000000326. The molecule has 85 heavy (non-hydrogen) atoms. The van der Waals surface area contributed by atoms with E-state index in [-0.39, 0.29) is 0 Å². The van der Waals surface area contributed by atoms with Crippen molar-refractivity contribution in [1.29, 1.82) is 0 Å². The predicted molar refractivity (Wildman–Crippen MR) is 373 cm³/mol. The third-order valence-corrected chi connectivity index (χ3v) is 15.1. The molecule has 0 spiro atoms. The molecule has 0 amide bonds. The van der Waals surface area contributed by atoms with Gasteiger partial charge in [-0.15, -0.1) is 0 Å². The van der Waals surface area contributed by atoms with E-state index in [1.807, 2.05) is 57.2 Å². The van der Waals surface area contributed by atoms with E-state index < -0.39 is 0 Å². The average molecular weight is 1100 g/mol. The van der Waals surface area contributed by atoms with Crippen LogP contribution in [0.4, 0.5) is 17.1 Å². The fraction of sp³-hybridized carbons (Fsp3) is 0.0602. The van der Waals surface area contributed by atoms with E-state index in [1.165, 1.54) is 106 Å². The van der Waals surface area contributed by atoms with Crippen molar-refractivity contribution in [2.24, 2.45) is 0 Å². The number of rotatable bonds is 12.